The number of hydrogen-bond acceptors (Lipinski definition) is 2. The molecule has 0 radical (unpaired) electrons. The van der Waals surface area contributed by atoms with Crippen LogP contribution in [0.5, 0.6) is 5.75 Å². The molecule has 1 aliphatic rings. The van der Waals surface area contributed by atoms with Crippen molar-refractivity contribution in [3.05, 3.63) is 28.3 Å². The molecular formula is C10H10ClNO2. The van der Waals surface area contributed by atoms with E-state index in [1.807, 2.05) is 6.07 Å². The molecule has 0 saturated carbocycles. The zero-order valence-electron chi connectivity index (χ0n) is 7.55. The molecule has 0 spiro atoms. The topological polar surface area (TPSA) is 52.3 Å². The predicted molar refractivity (Wildman–Crippen MR) is 53.8 cm³/mol. The normalized spacial score (nSPS) is 14.4. The molecule has 0 saturated heterocycles. The highest BCUT2D eigenvalue weighted by molar-refractivity contribution is 6.31. The summed E-state index contributed by atoms with van der Waals surface area (Å²) in [6, 6.07) is 3.37. The number of primary amides is 1. The van der Waals surface area contributed by atoms with Crippen molar-refractivity contribution in [1.82, 2.24) is 0 Å². The Balaban J connectivity index is 2.58. The van der Waals surface area contributed by atoms with Crippen molar-refractivity contribution < 1.29 is 9.53 Å². The van der Waals surface area contributed by atoms with Crippen molar-refractivity contribution >= 4 is 17.5 Å². The molecule has 14 heavy (non-hydrogen) atoms. The van der Waals surface area contributed by atoms with Crippen molar-refractivity contribution in [2.75, 3.05) is 6.61 Å². The van der Waals surface area contributed by atoms with Gasteiger partial charge in [0, 0.05) is 5.02 Å². The Hall–Kier alpha value is -1.22. The van der Waals surface area contributed by atoms with E-state index >= 15 is 0 Å². The van der Waals surface area contributed by atoms with E-state index in [4.69, 9.17) is 22.1 Å². The fraction of sp³-hybridized carbons (Fsp3) is 0.300. The second kappa shape index (κ2) is 3.50. The highest BCUT2D eigenvalue weighted by atomic mass is 35.5. The van der Waals surface area contributed by atoms with E-state index in [9.17, 15) is 4.79 Å². The van der Waals surface area contributed by atoms with Crippen molar-refractivity contribution in [1.29, 1.82) is 0 Å². The number of fused-ring (bicyclic) bond motifs is 1. The van der Waals surface area contributed by atoms with Gasteiger partial charge >= 0.3 is 0 Å². The average molecular weight is 212 g/mol. The van der Waals surface area contributed by atoms with Crippen LogP contribution in [0.15, 0.2) is 12.1 Å². The van der Waals surface area contributed by atoms with Gasteiger partial charge in [-0.2, -0.15) is 0 Å². The molecule has 0 bridgehead atoms. The van der Waals surface area contributed by atoms with E-state index in [1.165, 1.54) is 0 Å². The molecule has 1 amide bonds. The third-order valence-corrected chi connectivity index (χ3v) is 2.45. The fourth-order valence-corrected chi connectivity index (χ4v) is 1.87. The van der Waals surface area contributed by atoms with Crippen molar-refractivity contribution in [2.45, 2.75) is 12.8 Å². The monoisotopic (exact) mass is 211 g/mol. The van der Waals surface area contributed by atoms with Gasteiger partial charge in [-0.25, -0.2) is 0 Å². The van der Waals surface area contributed by atoms with Gasteiger partial charge < -0.3 is 10.5 Å². The molecule has 1 aliphatic heterocycles. The number of amides is 1. The van der Waals surface area contributed by atoms with Crippen LogP contribution >= 0.6 is 11.6 Å². The quantitative estimate of drug-likeness (QED) is 0.770. The van der Waals surface area contributed by atoms with Crippen LogP contribution in [-0.2, 0) is 6.42 Å². The molecule has 0 fully saturated rings. The number of benzene rings is 1. The summed E-state index contributed by atoms with van der Waals surface area (Å²) in [7, 11) is 0. The highest BCUT2D eigenvalue weighted by Crippen LogP contribution is 2.31. The summed E-state index contributed by atoms with van der Waals surface area (Å²) in [4.78, 5) is 11.1. The van der Waals surface area contributed by atoms with Crippen molar-refractivity contribution in [2.24, 2.45) is 5.73 Å². The Kier molecular flexibility index (Phi) is 2.33. The van der Waals surface area contributed by atoms with Crippen molar-refractivity contribution in [3.8, 4) is 5.75 Å². The summed E-state index contributed by atoms with van der Waals surface area (Å²) >= 11 is 5.86. The summed E-state index contributed by atoms with van der Waals surface area (Å²) in [6.07, 6.45) is 1.84. The van der Waals surface area contributed by atoms with Crippen LogP contribution in [0.2, 0.25) is 5.02 Å². The van der Waals surface area contributed by atoms with Crippen LogP contribution in [0.1, 0.15) is 22.3 Å². The van der Waals surface area contributed by atoms with E-state index < -0.39 is 5.91 Å². The number of rotatable bonds is 1. The molecule has 1 aromatic carbocycles. The fourth-order valence-electron chi connectivity index (χ4n) is 1.63. The third kappa shape index (κ3) is 1.55. The first-order valence-electron chi connectivity index (χ1n) is 4.43. The van der Waals surface area contributed by atoms with Crippen LogP contribution in [0.25, 0.3) is 0 Å². The molecule has 1 aromatic rings. The minimum absolute atomic E-state index is 0.382. The van der Waals surface area contributed by atoms with Crippen LogP contribution in [0.4, 0.5) is 0 Å². The van der Waals surface area contributed by atoms with Crippen molar-refractivity contribution in [3.63, 3.8) is 0 Å². The van der Waals surface area contributed by atoms with Gasteiger partial charge in [0.25, 0.3) is 5.91 Å². The Bertz CT molecular complexity index is 390. The first-order chi connectivity index (χ1) is 6.68. The van der Waals surface area contributed by atoms with Crippen LogP contribution < -0.4 is 10.5 Å². The zero-order chi connectivity index (χ0) is 10.1. The van der Waals surface area contributed by atoms with E-state index in [0.29, 0.717) is 22.9 Å². The molecule has 1 heterocycles. The Morgan fingerprint density at radius 3 is 3.00 bits per heavy atom. The second-order valence-electron chi connectivity index (χ2n) is 3.26. The maximum absolute atomic E-state index is 11.1. The lowest BCUT2D eigenvalue weighted by Gasteiger charge is -2.19. The number of carbonyl (C=O) groups is 1. The Labute approximate surface area is 86.8 Å². The van der Waals surface area contributed by atoms with Gasteiger partial charge in [-0.1, -0.05) is 11.6 Å². The summed E-state index contributed by atoms with van der Waals surface area (Å²) in [5, 5.41) is 0.531. The lowest BCUT2D eigenvalue weighted by molar-refractivity contribution is 0.0995. The van der Waals surface area contributed by atoms with Crippen LogP contribution in [-0.4, -0.2) is 12.5 Å². The lowest BCUT2D eigenvalue weighted by Crippen LogP contribution is -2.17. The lowest BCUT2D eigenvalue weighted by atomic mass is 10.0. The second-order valence-corrected chi connectivity index (χ2v) is 3.69. The molecule has 4 heteroatoms. The first-order valence-corrected chi connectivity index (χ1v) is 4.81. The molecule has 0 aromatic heterocycles. The largest absolute Gasteiger partial charge is 0.492 e. The molecule has 2 rings (SSSR count). The maximum Gasteiger partial charge on any atom is 0.252 e. The van der Waals surface area contributed by atoms with Gasteiger partial charge in [-0.15, -0.1) is 0 Å². The number of ether oxygens (including phenoxy) is 1. The van der Waals surface area contributed by atoms with Gasteiger partial charge in [0.15, 0.2) is 0 Å². The molecule has 74 valence electrons. The third-order valence-electron chi connectivity index (χ3n) is 2.23. The van der Waals surface area contributed by atoms with Gasteiger partial charge in [-0.05, 0) is 30.5 Å². The number of nitrogens with two attached hydrogens (primary N) is 1. The number of carbonyl (C=O) groups excluding carboxylic acids is 1. The van der Waals surface area contributed by atoms with Gasteiger partial charge in [0.05, 0.1) is 12.2 Å². The molecule has 0 atom stereocenters. The van der Waals surface area contributed by atoms with Crippen LogP contribution in [0.3, 0.4) is 0 Å². The van der Waals surface area contributed by atoms with E-state index in [0.717, 1.165) is 18.4 Å². The smallest absolute Gasteiger partial charge is 0.252 e. The Morgan fingerprint density at radius 1 is 1.50 bits per heavy atom. The standard InChI is InChI=1S/C10H10ClNO2/c11-7-4-6-2-1-3-14-9(6)8(5-7)10(12)13/h4-5H,1-3H2,(H2,12,13). The zero-order valence-corrected chi connectivity index (χ0v) is 8.30. The van der Waals surface area contributed by atoms with E-state index in [2.05, 4.69) is 0 Å². The highest BCUT2D eigenvalue weighted by Gasteiger charge is 2.18. The number of halogens is 1. The first kappa shape index (κ1) is 9.34. The number of hydrogen-bond donors (Lipinski definition) is 1. The molecule has 2 N–H and O–H groups in total. The summed E-state index contributed by atoms with van der Waals surface area (Å²) in [6.45, 7) is 0.634. The summed E-state index contributed by atoms with van der Waals surface area (Å²) in [5.41, 5.74) is 6.58. The minimum Gasteiger partial charge on any atom is -0.492 e. The van der Waals surface area contributed by atoms with E-state index in [-0.39, 0.29) is 0 Å². The number of aryl methyl sites for hydroxylation is 1. The minimum atomic E-state index is -0.495. The summed E-state index contributed by atoms with van der Waals surface area (Å²) < 4.78 is 5.41. The molecule has 0 aliphatic carbocycles. The van der Waals surface area contributed by atoms with Crippen LogP contribution in [0, 0.1) is 0 Å². The molecule has 3 nitrogen and oxygen atoms in total. The van der Waals surface area contributed by atoms with Gasteiger partial charge in [-0.3, -0.25) is 4.79 Å². The van der Waals surface area contributed by atoms with Gasteiger partial charge in [0.1, 0.15) is 5.75 Å². The summed E-state index contributed by atoms with van der Waals surface area (Å²) in [5.74, 6) is 0.110. The van der Waals surface area contributed by atoms with Gasteiger partial charge in [0.2, 0.25) is 0 Å². The average Bonchev–Trinajstić information content (AvgIpc) is 2.16. The molecular weight excluding hydrogens is 202 g/mol. The Morgan fingerprint density at radius 2 is 2.29 bits per heavy atom. The molecule has 0 unspecified atom stereocenters. The maximum atomic E-state index is 11.1. The SMILES string of the molecule is NC(=O)c1cc(Cl)cc2c1OCCC2. The predicted octanol–water partition coefficient (Wildman–Crippen LogP) is 1.76. The van der Waals surface area contributed by atoms with E-state index in [1.54, 1.807) is 6.07 Å².